The molecule has 0 fully saturated rings. The van der Waals surface area contributed by atoms with E-state index in [0.717, 1.165) is 0 Å². The van der Waals surface area contributed by atoms with E-state index in [4.69, 9.17) is 9.47 Å². The van der Waals surface area contributed by atoms with Crippen LogP contribution in [0.5, 0.6) is 11.5 Å². The van der Waals surface area contributed by atoms with E-state index in [0.29, 0.717) is 23.6 Å². The SMILES string of the molecule is COCc1c(OC)cnc(C)c1O. The molecule has 13 heavy (non-hydrogen) atoms. The summed E-state index contributed by atoms with van der Waals surface area (Å²) in [5.74, 6) is 0.686. The molecule has 0 radical (unpaired) electrons. The van der Waals surface area contributed by atoms with Crippen molar-refractivity contribution in [3.8, 4) is 11.5 Å². The highest BCUT2D eigenvalue weighted by atomic mass is 16.5. The Morgan fingerprint density at radius 1 is 1.46 bits per heavy atom. The van der Waals surface area contributed by atoms with Gasteiger partial charge in [-0.1, -0.05) is 0 Å². The smallest absolute Gasteiger partial charge is 0.146 e. The van der Waals surface area contributed by atoms with Crippen molar-refractivity contribution < 1.29 is 14.6 Å². The summed E-state index contributed by atoms with van der Waals surface area (Å²) in [5, 5.41) is 9.62. The zero-order valence-corrected chi connectivity index (χ0v) is 8.00. The Morgan fingerprint density at radius 2 is 2.15 bits per heavy atom. The van der Waals surface area contributed by atoms with Gasteiger partial charge in [0.2, 0.25) is 0 Å². The molecule has 0 spiro atoms. The molecular formula is C9H13NO3. The van der Waals surface area contributed by atoms with E-state index in [2.05, 4.69) is 4.98 Å². The lowest BCUT2D eigenvalue weighted by molar-refractivity contribution is 0.178. The summed E-state index contributed by atoms with van der Waals surface area (Å²) in [6, 6.07) is 0. The van der Waals surface area contributed by atoms with Crippen LogP contribution >= 0.6 is 0 Å². The molecule has 0 bridgehead atoms. The summed E-state index contributed by atoms with van der Waals surface area (Å²) in [7, 11) is 3.10. The van der Waals surface area contributed by atoms with Gasteiger partial charge in [0, 0.05) is 7.11 Å². The minimum atomic E-state index is 0.140. The van der Waals surface area contributed by atoms with Crippen LogP contribution in [0.15, 0.2) is 6.20 Å². The summed E-state index contributed by atoms with van der Waals surface area (Å²) < 4.78 is 9.97. The van der Waals surface area contributed by atoms with Gasteiger partial charge in [-0.05, 0) is 6.92 Å². The molecule has 1 N–H and O–H groups in total. The van der Waals surface area contributed by atoms with Gasteiger partial charge in [-0.2, -0.15) is 0 Å². The van der Waals surface area contributed by atoms with Crippen LogP contribution in [0.2, 0.25) is 0 Å². The average molecular weight is 183 g/mol. The van der Waals surface area contributed by atoms with Crippen LogP contribution in [0.1, 0.15) is 11.3 Å². The normalized spacial score (nSPS) is 10.1. The maximum absolute atomic E-state index is 9.62. The number of aromatic hydroxyl groups is 1. The van der Waals surface area contributed by atoms with Crippen molar-refractivity contribution in [2.24, 2.45) is 0 Å². The van der Waals surface area contributed by atoms with Crippen LogP contribution in [-0.4, -0.2) is 24.3 Å². The number of pyridine rings is 1. The lowest BCUT2D eigenvalue weighted by atomic mass is 10.2. The molecule has 0 amide bonds. The number of aromatic nitrogens is 1. The fraction of sp³-hybridized carbons (Fsp3) is 0.444. The molecule has 1 aromatic heterocycles. The molecule has 4 heteroatoms. The first-order valence-corrected chi connectivity index (χ1v) is 3.91. The van der Waals surface area contributed by atoms with Crippen molar-refractivity contribution in [3.63, 3.8) is 0 Å². The second kappa shape index (κ2) is 4.09. The highest BCUT2D eigenvalue weighted by molar-refractivity contribution is 5.44. The van der Waals surface area contributed by atoms with Gasteiger partial charge in [-0.25, -0.2) is 0 Å². The van der Waals surface area contributed by atoms with Crippen LogP contribution in [0.4, 0.5) is 0 Å². The Bertz CT molecular complexity index is 299. The topological polar surface area (TPSA) is 51.6 Å². The minimum Gasteiger partial charge on any atom is -0.506 e. The first-order valence-electron chi connectivity index (χ1n) is 3.91. The lowest BCUT2D eigenvalue weighted by Gasteiger charge is -2.10. The summed E-state index contributed by atoms with van der Waals surface area (Å²) in [6.07, 6.45) is 1.57. The predicted octanol–water partition coefficient (Wildman–Crippen LogP) is 1.25. The third kappa shape index (κ3) is 1.89. The van der Waals surface area contributed by atoms with E-state index in [-0.39, 0.29) is 5.75 Å². The maximum atomic E-state index is 9.62. The Balaban J connectivity index is 3.15. The summed E-state index contributed by atoms with van der Waals surface area (Å²) >= 11 is 0. The number of methoxy groups -OCH3 is 2. The lowest BCUT2D eigenvalue weighted by Crippen LogP contribution is -1.97. The van der Waals surface area contributed by atoms with Gasteiger partial charge in [0.15, 0.2) is 0 Å². The monoisotopic (exact) mass is 183 g/mol. The van der Waals surface area contributed by atoms with Crippen LogP contribution in [-0.2, 0) is 11.3 Å². The molecular weight excluding hydrogens is 170 g/mol. The van der Waals surface area contributed by atoms with Crippen LogP contribution in [0, 0.1) is 6.92 Å². The Labute approximate surface area is 77.1 Å². The highest BCUT2D eigenvalue weighted by Gasteiger charge is 2.11. The fourth-order valence-electron chi connectivity index (χ4n) is 1.09. The molecule has 0 aromatic carbocycles. The van der Waals surface area contributed by atoms with Gasteiger partial charge in [0.25, 0.3) is 0 Å². The van der Waals surface area contributed by atoms with E-state index in [1.54, 1.807) is 20.2 Å². The number of aryl methyl sites for hydroxylation is 1. The van der Waals surface area contributed by atoms with E-state index in [1.165, 1.54) is 7.11 Å². The Morgan fingerprint density at radius 3 is 2.69 bits per heavy atom. The standard InChI is InChI=1S/C9H13NO3/c1-6-9(11)7(5-12-2)8(13-3)4-10-6/h4,11H,5H2,1-3H3. The number of hydrogen-bond acceptors (Lipinski definition) is 4. The van der Waals surface area contributed by atoms with Crippen molar-refractivity contribution in [1.82, 2.24) is 4.98 Å². The van der Waals surface area contributed by atoms with Crippen LogP contribution in [0.3, 0.4) is 0 Å². The molecule has 1 rings (SSSR count). The van der Waals surface area contributed by atoms with Crippen molar-refractivity contribution in [3.05, 3.63) is 17.5 Å². The van der Waals surface area contributed by atoms with E-state index >= 15 is 0 Å². The summed E-state index contributed by atoms with van der Waals surface area (Å²) in [4.78, 5) is 3.96. The molecule has 0 aliphatic rings. The zero-order chi connectivity index (χ0) is 9.84. The van der Waals surface area contributed by atoms with Gasteiger partial charge in [-0.15, -0.1) is 0 Å². The quantitative estimate of drug-likeness (QED) is 0.766. The summed E-state index contributed by atoms with van der Waals surface area (Å²) in [5.41, 5.74) is 1.21. The second-order valence-electron chi connectivity index (χ2n) is 2.67. The number of hydrogen-bond donors (Lipinski definition) is 1. The molecule has 0 aliphatic heterocycles. The molecule has 0 saturated carbocycles. The highest BCUT2D eigenvalue weighted by Crippen LogP contribution is 2.29. The fourth-order valence-corrected chi connectivity index (χ4v) is 1.09. The molecule has 4 nitrogen and oxygen atoms in total. The van der Waals surface area contributed by atoms with E-state index < -0.39 is 0 Å². The van der Waals surface area contributed by atoms with Crippen LogP contribution in [0.25, 0.3) is 0 Å². The van der Waals surface area contributed by atoms with Crippen molar-refractivity contribution in [2.45, 2.75) is 13.5 Å². The van der Waals surface area contributed by atoms with Gasteiger partial charge in [0.1, 0.15) is 11.5 Å². The number of nitrogens with zero attached hydrogens (tertiary/aromatic N) is 1. The molecule has 1 heterocycles. The average Bonchev–Trinajstić information content (AvgIpc) is 2.14. The largest absolute Gasteiger partial charge is 0.506 e. The minimum absolute atomic E-state index is 0.140. The predicted molar refractivity (Wildman–Crippen MR) is 47.9 cm³/mol. The van der Waals surface area contributed by atoms with Gasteiger partial charge < -0.3 is 14.6 Å². The maximum Gasteiger partial charge on any atom is 0.146 e. The van der Waals surface area contributed by atoms with E-state index in [9.17, 15) is 5.11 Å². The van der Waals surface area contributed by atoms with Gasteiger partial charge in [-0.3, -0.25) is 4.98 Å². The van der Waals surface area contributed by atoms with E-state index in [1.807, 2.05) is 0 Å². The second-order valence-corrected chi connectivity index (χ2v) is 2.67. The van der Waals surface area contributed by atoms with Crippen molar-refractivity contribution in [2.75, 3.05) is 14.2 Å². The first kappa shape index (κ1) is 9.80. The third-order valence-electron chi connectivity index (χ3n) is 1.81. The molecule has 0 aliphatic carbocycles. The van der Waals surface area contributed by atoms with Crippen molar-refractivity contribution in [1.29, 1.82) is 0 Å². The van der Waals surface area contributed by atoms with Gasteiger partial charge in [0.05, 0.1) is 31.2 Å². The van der Waals surface area contributed by atoms with Crippen LogP contribution < -0.4 is 4.74 Å². The summed E-state index contributed by atoms with van der Waals surface area (Å²) in [6.45, 7) is 2.05. The Hall–Kier alpha value is -1.29. The molecule has 72 valence electrons. The zero-order valence-electron chi connectivity index (χ0n) is 8.00. The molecule has 1 aromatic rings. The first-order chi connectivity index (χ1) is 6.20. The van der Waals surface area contributed by atoms with Gasteiger partial charge >= 0.3 is 0 Å². The molecule has 0 unspecified atom stereocenters. The third-order valence-corrected chi connectivity index (χ3v) is 1.81. The van der Waals surface area contributed by atoms with Crippen molar-refractivity contribution >= 4 is 0 Å². The molecule has 0 saturated heterocycles. The Kier molecular flexibility index (Phi) is 3.08. The number of ether oxygens (including phenoxy) is 2. The number of rotatable bonds is 3. The molecule has 0 atom stereocenters.